The van der Waals surface area contributed by atoms with Gasteiger partial charge < -0.3 is 5.73 Å². The fourth-order valence-electron chi connectivity index (χ4n) is 4.32. The van der Waals surface area contributed by atoms with E-state index in [1.807, 2.05) is 0 Å². The van der Waals surface area contributed by atoms with E-state index >= 15 is 0 Å². The first-order valence-corrected chi connectivity index (χ1v) is 7.89. The summed E-state index contributed by atoms with van der Waals surface area (Å²) < 4.78 is 0. The summed E-state index contributed by atoms with van der Waals surface area (Å²) in [6.45, 7) is 4.74. The Hall–Kier alpha value is -0.820. The van der Waals surface area contributed by atoms with Crippen molar-refractivity contribution in [3.05, 3.63) is 35.4 Å². The van der Waals surface area contributed by atoms with Crippen molar-refractivity contribution >= 4 is 0 Å². The van der Waals surface area contributed by atoms with Crippen molar-refractivity contribution in [2.75, 3.05) is 0 Å². The fourth-order valence-corrected chi connectivity index (χ4v) is 4.32. The zero-order valence-electron chi connectivity index (χ0n) is 12.4. The van der Waals surface area contributed by atoms with Gasteiger partial charge in [-0.2, -0.15) is 0 Å². The fraction of sp³-hybridized carbons (Fsp3) is 0.667. The summed E-state index contributed by atoms with van der Waals surface area (Å²) in [6.07, 6.45) is 8.89. The maximum atomic E-state index is 6.82. The smallest absolute Gasteiger partial charge is 0.0211 e. The summed E-state index contributed by atoms with van der Waals surface area (Å²) in [7, 11) is 0. The zero-order valence-corrected chi connectivity index (χ0v) is 12.4. The van der Waals surface area contributed by atoms with E-state index in [0.717, 1.165) is 0 Å². The van der Waals surface area contributed by atoms with Crippen LogP contribution in [-0.2, 0) is 6.42 Å². The molecule has 2 aliphatic carbocycles. The molecule has 1 fully saturated rings. The van der Waals surface area contributed by atoms with Gasteiger partial charge in [0.25, 0.3) is 0 Å². The van der Waals surface area contributed by atoms with Crippen LogP contribution in [0.4, 0.5) is 0 Å². The van der Waals surface area contributed by atoms with Crippen LogP contribution in [0.5, 0.6) is 0 Å². The molecule has 1 heteroatoms. The van der Waals surface area contributed by atoms with Crippen molar-refractivity contribution in [3.8, 4) is 0 Å². The Morgan fingerprint density at radius 2 is 1.95 bits per heavy atom. The van der Waals surface area contributed by atoms with E-state index in [1.165, 1.54) is 44.9 Å². The number of benzene rings is 1. The second kappa shape index (κ2) is 4.63. The molecule has 2 N–H and O–H groups in total. The molecule has 0 saturated heterocycles. The summed E-state index contributed by atoms with van der Waals surface area (Å²) in [5.41, 5.74) is 10.3. The Labute approximate surface area is 117 Å². The first kappa shape index (κ1) is 13.2. The monoisotopic (exact) mass is 257 g/mol. The van der Waals surface area contributed by atoms with Crippen LogP contribution < -0.4 is 5.73 Å². The average molecular weight is 257 g/mol. The quantitative estimate of drug-likeness (QED) is 0.834. The van der Waals surface area contributed by atoms with Crippen LogP contribution in [0.2, 0.25) is 0 Å². The Morgan fingerprint density at radius 1 is 1.16 bits per heavy atom. The molecule has 1 nitrogen and oxygen atoms in total. The minimum Gasteiger partial charge on any atom is -0.325 e. The maximum Gasteiger partial charge on any atom is 0.0211 e. The topological polar surface area (TPSA) is 26.0 Å². The van der Waals surface area contributed by atoms with Gasteiger partial charge in [-0.15, -0.1) is 0 Å². The lowest BCUT2D eigenvalue weighted by atomic mass is 9.67. The van der Waals surface area contributed by atoms with Crippen molar-refractivity contribution in [2.24, 2.45) is 11.1 Å². The second-order valence-electron chi connectivity index (χ2n) is 7.39. The molecule has 2 unspecified atom stereocenters. The van der Waals surface area contributed by atoms with Gasteiger partial charge in [0.15, 0.2) is 0 Å². The molecular weight excluding hydrogens is 230 g/mol. The first-order chi connectivity index (χ1) is 9.02. The van der Waals surface area contributed by atoms with E-state index in [2.05, 4.69) is 38.1 Å². The van der Waals surface area contributed by atoms with E-state index in [9.17, 15) is 0 Å². The molecular formula is C18H27N. The van der Waals surface area contributed by atoms with Crippen molar-refractivity contribution in [3.63, 3.8) is 0 Å². The highest BCUT2D eigenvalue weighted by molar-refractivity contribution is 5.33. The van der Waals surface area contributed by atoms with Crippen LogP contribution in [0.3, 0.4) is 0 Å². The average Bonchev–Trinajstić information content (AvgIpc) is 2.64. The minimum absolute atomic E-state index is 0.0438. The van der Waals surface area contributed by atoms with Gasteiger partial charge in [0.1, 0.15) is 0 Å². The molecule has 1 aromatic rings. The molecule has 3 rings (SSSR count). The van der Waals surface area contributed by atoms with E-state index in [0.29, 0.717) is 11.3 Å². The number of fused-ring (bicyclic) bond motifs is 1. The SMILES string of the molecule is CC1(C)CCCC1(N)CC1CCCc2ccccc21. The van der Waals surface area contributed by atoms with Gasteiger partial charge in [0, 0.05) is 5.54 Å². The molecule has 0 spiro atoms. The summed E-state index contributed by atoms with van der Waals surface area (Å²) >= 11 is 0. The summed E-state index contributed by atoms with van der Waals surface area (Å²) in [5.74, 6) is 0.687. The predicted octanol–water partition coefficient (Wildman–Crippen LogP) is 4.40. The Kier molecular flexibility index (Phi) is 3.21. The number of rotatable bonds is 2. The molecule has 0 heterocycles. The Bertz CT molecular complexity index is 463. The van der Waals surface area contributed by atoms with Crippen molar-refractivity contribution < 1.29 is 0 Å². The summed E-state index contributed by atoms with van der Waals surface area (Å²) in [5, 5.41) is 0. The van der Waals surface area contributed by atoms with Crippen LogP contribution in [0.15, 0.2) is 24.3 Å². The third-order valence-corrected chi connectivity index (χ3v) is 5.88. The molecule has 19 heavy (non-hydrogen) atoms. The number of aryl methyl sites for hydroxylation is 1. The van der Waals surface area contributed by atoms with Crippen LogP contribution in [0.1, 0.15) is 69.4 Å². The zero-order chi connectivity index (χ0) is 13.5. The third kappa shape index (κ3) is 2.23. The molecule has 104 valence electrons. The molecule has 2 atom stereocenters. The number of hydrogen-bond acceptors (Lipinski definition) is 1. The molecule has 2 aliphatic rings. The lowest BCUT2D eigenvalue weighted by Gasteiger charge is -2.42. The van der Waals surface area contributed by atoms with Crippen LogP contribution >= 0.6 is 0 Å². The number of hydrogen-bond donors (Lipinski definition) is 1. The molecule has 0 amide bonds. The van der Waals surface area contributed by atoms with Gasteiger partial charge in [-0.25, -0.2) is 0 Å². The van der Waals surface area contributed by atoms with Gasteiger partial charge >= 0.3 is 0 Å². The third-order valence-electron chi connectivity index (χ3n) is 5.88. The van der Waals surface area contributed by atoms with E-state index < -0.39 is 0 Å². The van der Waals surface area contributed by atoms with Crippen LogP contribution in [0, 0.1) is 5.41 Å². The number of nitrogens with two attached hydrogens (primary N) is 1. The van der Waals surface area contributed by atoms with Crippen LogP contribution in [0.25, 0.3) is 0 Å². The van der Waals surface area contributed by atoms with Crippen molar-refractivity contribution in [1.29, 1.82) is 0 Å². The van der Waals surface area contributed by atoms with Crippen molar-refractivity contribution in [2.45, 2.75) is 70.3 Å². The highest BCUT2D eigenvalue weighted by Gasteiger charge is 2.47. The molecule has 0 bridgehead atoms. The van der Waals surface area contributed by atoms with E-state index in [-0.39, 0.29) is 5.54 Å². The molecule has 0 radical (unpaired) electrons. The summed E-state index contributed by atoms with van der Waals surface area (Å²) in [4.78, 5) is 0. The van der Waals surface area contributed by atoms with Crippen molar-refractivity contribution in [1.82, 2.24) is 0 Å². The first-order valence-electron chi connectivity index (χ1n) is 7.89. The summed E-state index contributed by atoms with van der Waals surface area (Å²) in [6, 6.07) is 9.02. The normalized spacial score (nSPS) is 33.1. The second-order valence-corrected chi connectivity index (χ2v) is 7.39. The lowest BCUT2D eigenvalue weighted by Crippen LogP contribution is -2.50. The Morgan fingerprint density at radius 3 is 2.68 bits per heavy atom. The maximum absolute atomic E-state index is 6.82. The predicted molar refractivity (Wildman–Crippen MR) is 81.3 cm³/mol. The van der Waals surface area contributed by atoms with Gasteiger partial charge in [0.05, 0.1) is 0 Å². The van der Waals surface area contributed by atoms with Gasteiger partial charge in [0.2, 0.25) is 0 Å². The van der Waals surface area contributed by atoms with Gasteiger partial charge in [-0.05, 0) is 61.0 Å². The lowest BCUT2D eigenvalue weighted by molar-refractivity contribution is 0.178. The molecule has 0 aliphatic heterocycles. The minimum atomic E-state index is 0.0438. The van der Waals surface area contributed by atoms with E-state index in [1.54, 1.807) is 11.1 Å². The van der Waals surface area contributed by atoms with Gasteiger partial charge in [-0.1, -0.05) is 44.5 Å². The Balaban J connectivity index is 1.85. The highest BCUT2D eigenvalue weighted by atomic mass is 14.8. The van der Waals surface area contributed by atoms with Crippen LogP contribution in [-0.4, -0.2) is 5.54 Å². The molecule has 1 aromatic carbocycles. The standard InChI is InChI=1S/C18H27N/c1-17(2)11-6-12-18(17,19)13-15-9-5-8-14-7-3-4-10-16(14)15/h3-4,7,10,15H,5-6,8-9,11-13,19H2,1-2H3. The largest absolute Gasteiger partial charge is 0.325 e. The van der Waals surface area contributed by atoms with Gasteiger partial charge in [-0.3, -0.25) is 0 Å². The van der Waals surface area contributed by atoms with E-state index in [4.69, 9.17) is 5.73 Å². The highest BCUT2D eigenvalue weighted by Crippen LogP contribution is 2.50. The molecule has 0 aromatic heterocycles. The molecule has 1 saturated carbocycles.